The summed E-state index contributed by atoms with van der Waals surface area (Å²) >= 11 is 4.08. The van der Waals surface area contributed by atoms with Crippen LogP contribution in [0.3, 0.4) is 0 Å². The van der Waals surface area contributed by atoms with Gasteiger partial charge in [0.15, 0.2) is 0 Å². The van der Waals surface area contributed by atoms with Crippen molar-refractivity contribution >= 4 is 24.6 Å². The third kappa shape index (κ3) is 4.03. The van der Waals surface area contributed by atoms with Crippen LogP contribution in [-0.2, 0) is 14.3 Å². The first-order valence-corrected chi connectivity index (χ1v) is 4.64. The molecule has 0 N–H and O–H groups in total. The molecule has 0 atom stereocenters. The molecule has 0 aliphatic carbocycles. The van der Waals surface area contributed by atoms with E-state index in [1.165, 1.54) is 6.92 Å². The molecule has 0 aromatic heterocycles. The number of rotatable bonds is 3. The van der Waals surface area contributed by atoms with E-state index in [1.54, 1.807) is 24.3 Å². The lowest BCUT2D eigenvalue weighted by Gasteiger charge is -2.04. The first-order chi connectivity index (χ1) is 7.09. The molecule has 1 aromatic carbocycles. The molecule has 4 nitrogen and oxygen atoms in total. The third-order valence-corrected chi connectivity index (χ3v) is 1.85. The van der Waals surface area contributed by atoms with Gasteiger partial charge < -0.3 is 9.47 Å². The van der Waals surface area contributed by atoms with Gasteiger partial charge in [0, 0.05) is 11.8 Å². The Balaban J connectivity index is 2.47. The van der Waals surface area contributed by atoms with Gasteiger partial charge in [0.2, 0.25) is 6.79 Å². The Labute approximate surface area is 92.6 Å². The van der Waals surface area contributed by atoms with Crippen LogP contribution in [-0.4, -0.2) is 18.7 Å². The van der Waals surface area contributed by atoms with Gasteiger partial charge in [0.1, 0.15) is 0 Å². The summed E-state index contributed by atoms with van der Waals surface area (Å²) in [5.74, 6) is -1.03. The van der Waals surface area contributed by atoms with Crippen molar-refractivity contribution in [1.29, 1.82) is 0 Å². The zero-order valence-corrected chi connectivity index (χ0v) is 8.99. The summed E-state index contributed by atoms with van der Waals surface area (Å²) in [6.45, 7) is 0.875. The molecule has 80 valence electrons. The fourth-order valence-electron chi connectivity index (χ4n) is 0.847. The molecule has 0 bridgehead atoms. The second-order valence-electron chi connectivity index (χ2n) is 2.73. The lowest BCUT2D eigenvalue weighted by atomic mass is 10.2. The van der Waals surface area contributed by atoms with Gasteiger partial charge in [-0.05, 0) is 24.3 Å². The van der Waals surface area contributed by atoms with E-state index in [0.717, 1.165) is 4.90 Å². The van der Waals surface area contributed by atoms with Crippen LogP contribution in [0, 0.1) is 0 Å². The van der Waals surface area contributed by atoms with Crippen LogP contribution in [0.1, 0.15) is 17.3 Å². The van der Waals surface area contributed by atoms with Gasteiger partial charge in [-0.3, -0.25) is 4.79 Å². The highest BCUT2D eigenvalue weighted by atomic mass is 32.1. The van der Waals surface area contributed by atoms with E-state index in [0.29, 0.717) is 5.56 Å². The number of hydrogen-bond acceptors (Lipinski definition) is 5. The normalized spacial score (nSPS) is 9.47. The molecule has 0 radical (unpaired) electrons. The van der Waals surface area contributed by atoms with Crippen LogP contribution in [0.15, 0.2) is 29.2 Å². The van der Waals surface area contributed by atoms with Crippen LogP contribution < -0.4 is 0 Å². The molecule has 1 aromatic rings. The van der Waals surface area contributed by atoms with Crippen LogP contribution in [0.4, 0.5) is 0 Å². The van der Waals surface area contributed by atoms with Crippen molar-refractivity contribution in [3.05, 3.63) is 29.8 Å². The number of benzene rings is 1. The number of hydrogen-bond donors (Lipinski definition) is 1. The van der Waals surface area contributed by atoms with Crippen LogP contribution in [0.2, 0.25) is 0 Å². The Hall–Kier alpha value is -1.49. The lowest BCUT2D eigenvalue weighted by molar-refractivity contribution is -0.149. The van der Waals surface area contributed by atoms with Crippen molar-refractivity contribution in [2.45, 2.75) is 11.8 Å². The van der Waals surface area contributed by atoms with E-state index in [-0.39, 0.29) is 6.79 Å². The van der Waals surface area contributed by atoms with Gasteiger partial charge in [-0.25, -0.2) is 4.79 Å². The average molecular weight is 226 g/mol. The zero-order chi connectivity index (χ0) is 11.3. The fraction of sp³-hybridized carbons (Fsp3) is 0.200. The van der Waals surface area contributed by atoms with Crippen molar-refractivity contribution in [3.8, 4) is 0 Å². The fourth-order valence-corrected chi connectivity index (χ4v) is 0.996. The summed E-state index contributed by atoms with van der Waals surface area (Å²) in [4.78, 5) is 22.4. The molecule has 0 aliphatic heterocycles. The minimum Gasteiger partial charge on any atom is -0.428 e. The van der Waals surface area contributed by atoms with Crippen LogP contribution in [0.25, 0.3) is 0 Å². The van der Waals surface area contributed by atoms with Gasteiger partial charge in [-0.15, -0.1) is 12.6 Å². The highest BCUT2D eigenvalue weighted by Crippen LogP contribution is 2.08. The molecule has 15 heavy (non-hydrogen) atoms. The molecule has 0 fully saturated rings. The minimum atomic E-state index is -0.537. The predicted molar refractivity (Wildman–Crippen MR) is 55.7 cm³/mol. The number of esters is 2. The summed E-state index contributed by atoms with van der Waals surface area (Å²) in [5, 5.41) is 0. The van der Waals surface area contributed by atoms with Gasteiger partial charge in [0.25, 0.3) is 0 Å². The summed E-state index contributed by atoms with van der Waals surface area (Å²) in [6.07, 6.45) is 0. The number of thiol groups is 1. The third-order valence-electron chi connectivity index (χ3n) is 1.56. The molecule has 1 rings (SSSR count). The average Bonchev–Trinajstić information content (AvgIpc) is 2.18. The Morgan fingerprint density at radius 2 is 1.80 bits per heavy atom. The molecule has 0 heterocycles. The first kappa shape index (κ1) is 11.6. The SMILES string of the molecule is CC(=O)OCOC(=O)c1ccc(S)cc1. The first-order valence-electron chi connectivity index (χ1n) is 4.19. The van der Waals surface area contributed by atoms with Crippen LogP contribution >= 0.6 is 12.6 Å². The number of ether oxygens (including phenoxy) is 2. The molecule has 0 saturated heterocycles. The van der Waals surface area contributed by atoms with Crippen LogP contribution in [0.5, 0.6) is 0 Å². The molecule has 0 unspecified atom stereocenters. The minimum absolute atomic E-state index is 0.364. The summed E-state index contributed by atoms with van der Waals surface area (Å²) < 4.78 is 9.13. The second-order valence-corrected chi connectivity index (χ2v) is 3.25. The van der Waals surface area contributed by atoms with E-state index in [4.69, 9.17) is 0 Å². The topological polar surface area (TPSA) is 52.6 Å². The Kier molecular flexibility index (Phi) is 4.17. The molecule has 0 saturated carbocycles. The highest BCUT2D eigenvalue weighted by molar-refractivity contribution is 7.80. The molecule has 0 aliphatic rings. The monoisotopic (exact) mass is 226 g/mol. The summed E-state index contributed by atoms with van der Waals surface area (Å²) in [6, 6.07) is 6.51. The number of carbonyl (C=O) groups excluding carboxylic acids is 2. The maximum Gasteiger partial charge on any atom is 0.341 e. The highest BCUT2D eigenvalue weighted by Gasteiger charge is 2.06. The van der Waals surface area contributed by atoms with Gasteiger partial charge in [-0.2, -0.15) is 0 Å². The van der Waals surface area contributed by atoms with Gasteiger partial charge >= 0.3 is 11.9 Å². The standard InChI is InChI=1S/C10H10O4S/c1-7(11)13-6-14-10(12)8-2-4-9(15)5-3-8/h2-5,15H,6H2,1H3. The van der Waals surface area contributed by atoms with Crippen molar-refractivity contribution in [3.63, 3.8) is 0 Å². The van der Waals surface area contributed by atoms with Gasteiger partial charge in [-0.1, -0.05) is 0 Å². The maximum atomic E-state index is 11.3. The quantitative estimate of drug-likeness (QED) is 0.483. The Bertz CT molecular complexity index is 358. The van der Waals surface area contributed by atoms with E-state index in [9.17, 15) is 9.59 Å². The van der Waals surface area contributed by atoms with Crippen molar-refractivity contribution in [1.82, 2.24) is 0 Å². The van der Waals surface area contributed by atoms with E-state index >= 15 is 0 Å². The molecular weight excluding hydrogens is 216 g/mol. The zero-order valence-electron chi connectivity index (χ0n) is 8.10. The largest absolute Gasteiger partial charge is 0.428 e. The summed E-state index contributed by atoms with van der Waals surface area (Å²) in [7, 11) is 0. The van der Waals surface area contributed by atoms with E-state index in [1.807, 2.05) is 0 Å². The Morgan fingerprint density at radius 1 is 1.20 bits per heavy atom. The van der Waals surface area contributed by atoms with Crippen molar-refractivity contribution in [2.24, 2.45) is 0 Å². The van der Waals surface area contributed by atoms with Crippen molar-refractivity contribution in [2.75, 3.05) is 6.79 Å². The maximum absolute atomic E-state index is 11.3. The number of carbonyl (C=O) groups is 2. The predicted octanol–water partition coefficient (Wildman–Crippen LogP) is 1.65. The van der Waals surface area contributed by atoms with Gasteiger partial charge in [0.05, 0.1) is 5.56 Å². The Morgan fingerprint density at radius 3 is 2.33 bits per heavy atom. The second kappa shape index (κ2) is 5.41. The van der Waals surface area contributed by atoms with E-state index in [2.05, 4.69) is 22.1 Å². The molecule has 0 spiro atoms. The summed E-state index contributed by atoms with van der Waals surface area (Å²) in [5.41, 5.74) is 0.389. The van der Waals surface area contributed by atoms with E-state index < -0.39 is 11.9 Å². The molecular formula is C10H10O4S. The smallest absolute Gasteiger partial charge is 0.341 e. The molecule has 5 heteroatoms. The van der Waals surface area contributed by atoms with Crippen molar-refractivity contribution < 1.29 is 19.1 Å². The lowest BCUT2D eigenvalue weighted by Crippen LogP contribution is -2.10. The molecule has 0 amide bonds.